The lowest BCUT2D eigenvalue weighted by atomic mass is 9.71. The highest BCUT2D eigenvalue weighted by Crippen LogP contribution is 2.41. The first-order chi connectivity index (χ1) is 11.6. The molecule has 136 valence electrons. The van der Waals surface area contributed by atoms with E-state index in [1.54, 1.807) is 0 Å². The summed E-state index contributed by atoms with van der Waals surface area (Å²) in [4.78, 5) is 2.52. The second-order valence-corrected chi connectivity index (χ2v) is 7.36. The smallest absolute Gasteiger partial charge is 0.119 e. The maximum atomic E-state index is 12.0. The van der Waals surface area contributed by atoms with Crippen molar-refractivity contribution in [3.05, 3.63) is 71.8 Å². The Hall–Kier alpha value is -1.35. The first-order valence-electron chi connectivity index (χ1n) is 9.18. The molecule has 0 saturated carbocycles. The Balaban J connectivity index is 0.00000225. The molecule has 3 heteroatoms. The van der Waals surface area contributed by atoms with Crippen molar-refractivity contribution in [1.82, 2.24) is 4.90 Å². The van der Waals surface area contributed by atoms with Crippen LogP contribution in [0.15, 0.2) is 60.7 Å². The third kappa shape index (κ3) is 4.25. The van der Waals surface area contributed by atoms with Gasteiger partial charge in [0.1, 0.15) is 5.60 Å². The van der Waals surface area contributed by atoms with Crippen molar-refractivity contribution < 1.29 is 5.11 Å². The van der Waals surface area contributed by atoms with Gasteiger partial charge in [0, 0.05) is 12.5 Å². The fourth-order valence-corrected chi connectivity index (χ4v) is 4.05. The van der Waals surface area contributed by atoms with E-state index in [2.05, 4.69) is 43.0 Å². The van der Waals surface area contributed by atoms with Crippen molar-refractivity contribution in [2.45, 2.75) is 32.3 Å². The van der Waals surface area contributed by atoms with E-state index in [1.807, 2.05) is 36.4 Å². The average Bonchev–Trinajstić information content (AvgIpc) is 3.13. The molecule has 0 amide bonds. The lowest BCUT2D eigenvalue weighted by molar-refractivity contribution is -0.0190. The molecule has 1 fully saturated rings. The van der Waals surface area contributed by atoms with Crippen molar-refractivity contribution in [2.75, 3.05) is 19.6 Å². The second-order valence-electron chi connectivity index (χ2n) is 7.36. The van der Waals surface area contributed by atoms with Crippen LogP contribution < -0.4 is 0 Å². The van der Waals surface area contributed by atoms with Crippen LogP contribution in [-0.4, -0.2) is 29.6 Å². The number of nitrogens with zero attached hydrogens (tertiary/aromatic N) is 1. The van der Waals surface area contributed by atoms with Gasteiger partial charge in [0.25, 0.3) is 0 Å². The number of rotatable bonds is 6. The zero-order valence-corrected chi connectivity index (χ0v) is 16.1. The standard InChI is InChI=1S/C22H29NO.ClH/c1-18(2)21(17-23-15-9-10-16-23)22(24,19-11-5-3-6-12-19)20-13-7-4-8-14-20;/h3-8,11-14,18,21,24H,9-10,15-17H2,1-2H3;1H. The average molecular weight is 360 g/mol. The van der Waals surface area contributed by atoms with Crippen LogP contribution in [0, 0.1) is 11.8 Å². The van der Waals surface area contributed by atoms with Crippen LogP contribution in [0.25, 0.3) is 0 Å². The first kappa shape index (κ1) is 20.0. The summed E-state index contributed by atoms with van der Waals surface area (Å²) in [5, 5.41) is 12.0. The van der Waals surface area contributed by atoms with E-state index < -0.39 is 5.60 Å². The van der Waals surface area contributed by atoms with Gasteiger partial charge in [-0.1, -0.05) is 74.5 Å². The molecule has 1 N–H and O–H groups in total. The zero-order chi connectivity index (χ0) is 17.0. The molecule has 2 aromatic carbocycles. The van der Waals surface area contributed by atoms with Gasteiger partial charge in [0.15, 0.2) is 0 Å². The van der Waals surface area contributed by atoms with Gasteiger partial charge >= 0.3 is 0 Å². The van der Waals surface area contributed by atoms with Crippen molar-refractivity contribution in [1.29, 1.82) is 0 Å². The van der Waals surface area contributed by atoms with E-state index in [-0.39, 0.29) is 18.3 Å². The predicted octanol–water partition coefficient (Wildman–Crippen LogP) is 4.71. The molecule has 25 heavy (non-hydrogen) atoms. The van der Waals surface area contributed by atoms with E-state index in [9.17, 15) is 5.11 Å². The maximum absolute atomic E-state index is 12.0. The van der Waals surface area contributed by atoms with Crippen LogP contribution in [0.3, 0.4) is 0 Å². The minimum absolute atomic E-state index is 0. The molecular weight excluding hydrogens is 330 g/mol. The van der Waals surface area contributed by atoms with Crippen LogP contribution in [0.1, 0.15) is 37.8 Å². The summed E-state index contributed by atoms with van der Waals surface area (Å²) in [5.41, 5.74) is 1.03. The fourth-order valence-electron chi connectivity index (χ4n) is 4.05. The normalized spacial score (nSPS) is 16.6. The minimum Gasteiger partial charge on any atom is -0.380 e. The number of hydrogen-bond acceptors (Lipinski definition) is 2. The minimum atomic E-state index is -0.959. The van der Waals surface area contributed by atoms with E-state index in [0.717, 1.165) is 30.8 Å². The van der Waals surface area contributed by atoms with Crippen LogP contribution in [0.5, 0.6) is 0 Å². The van der Waals surface area contributed by atoms with Gasteiger partial charge in [-0.15, -0.1) is 12.4 Å². The van der Waals surface area contributed by atoms with Crippen molar-refractivity contribution in [3.63, 3.8) is 0 Å². The topological polar surface area (TPSA) is 23.5 Å². The zero-order valence-electron chi connectivity index (χ0n) is 15.3. The molecule has 0 bridgehead atoms. The lowest BCUT2D eigenvalue weighted by Crippen LogP contribution is -2.45. The second kappa shape index (κ2) is 8.84. The molecule has 1 aliphatic rings. The molecule has 2 aromatic rings. The third-order valence-electron chi connectivity index (χ3n) is 5.42. The van der Waals surface area contributed by atoms with E-state index in [0.29, 0.717) is 5.92 Å². The Bertz CT molecular complexity index is 583. The van der Waals surface area contributed by atoms with Crippen molar-refractivity contribution in [3.8, 4) is 0 Å². The first-order valence-corrected chi connectivity index (χ1v) is 9.18. The highest BCUT2D eigenvalue weighted by atomic mass is 35.5. The van der Waals surface area contributed by atoms with E-state index in [4.69, 9.17) is 0 Å². The Labute approximate surface area is 158 Å². The van der Waals surface area contributed by atoms with Gasteiger partial charge in [-0.2, -0.15) is 0 Å². The summed E-state index contributed by atoms with van der Waals surface area (Å²) in [6.07, 6.45) is 2.56. The van der Waals surface area contributed by atoms with Crippen LogP contribution in [0.4, 0.5) is 0 Å². The lowest BCUT2D eigenvalue weighted by Gasteiger charge is -2.41. The van der Waals surface area contributed by atoms with Crippen LogP contribution >= 0.6 is 12.4 Å². The van der Waals surface area contributed by atoms with Gasteiger partial charge in [0.05, 0.1) is 0 Å². The molecule has 1 aliphatic heterocycles. The molecule has 0 spiro atoms. The van der Waals surface area contributed by atoms with Crippen LogP contribution in [0.2, 0.25) is 0 Å². The molecule has 0 radical (unpaired) electrons. The number of halogens is 1. The Morgan fingerprint density at radius 2 is 1.32 bits per heavy atom. The van der Waals surface area contributed by atoms with Gasteiger partial charge in [0.2, 0.25) is 0 Å². The highest BCUT2D eigenvalue weighted by Gasteiger charge is 2.42. The number of likely N-dealkylation sites (tertiary alicyclic amines) is 1. The molecule has 1 unspecified atom stereocenters. The quantitative estimate of drug-likeness (QED) is 0.807. The molecule has 1 heterocycles. The highest BCUT2D eigenvalue weighted by molar-refractivity contribution is 5.85. The van der Waals surface area contributed by atoms with E-state index in [1.165, 1.54) is 12.8 Å². The molecule has 2 nitrogen and oxygen atoms in total. The van der Waals surface area contributed by atoms with Gasteiger partial charge in [-0.3, -0.25) is 0 Å². The van der Waals surface area contributed by atoms with Crippen LogP contribution in [-0.2, 0) is 5.60 Å². The Kier molecular flexibility index (Phi) is 7.06. The summed E-state index contributed by atoms with van der Waals surface area (Å²) in [7, 11) is 0. The summed E-state index contributed by atoms with van der Waals surface area (Å²) >= 11 is 0. The van der Waals surface area contributed by atoms with Gasteiger partial charge < -0.3 is 10.0 Å². The molecule has 1 saturated heterocycles. The summed E-state index contributed by atoms with van der Waals surface area (Å²) in [6, 6.07) is 20.4. The largest absolute Gasteiger partial charge is 0.380 e. The Morgan fingerprint density at radius 1 is 0.880 bits per heavy atom. The summed E-state index contributed by atoms with van der Waals surface area (Å²) in [5.74, 6) is 0.538. The molecule has 0 aliphatic carbocycles. The number of hydrogen-bond donors (Lipinski definition) is 1. The summed E-state index contributed by atoms with van der Waals surface area (Å²) in [6.45, 7) is 7.72. The number of aliphatic hydroxyl groups is 1. The molecule has 0 aromatic heterocycles. The van der Waals surface area contributed by atoms with Gasteiger partial charge in [-0.05, 0) is 43.0 Å². The molecule has 1 atom stereocenters. The maximum Gasteiger partial charge on any atom is 0.119 e. The molecular formula is C22H30ClNO. The van der Waals surface area contributed by atoms with E-state index >= 15 is 0 Å². The fraction of sp³-hybridized carbons (Fsp3) is 0.455. The Morgan fingerprint density at radius 3 is 1.72 bits per heavy atom. The number of benzene rings is 2. The summed E-state index contributed by atoms with van der Waals surface area (Å²) < 4.78 is 0. The van der Waals surface area contributed by atoms with Gasteiger partial charge in [-0.25, -0.2) is 0 Å². The SMILES string of the molecule is CC(C)C(CN1CCCC1)C(O)(c1ccccc1)c1ccccc1.Cl. The third-order valence-corrected chi connectivity index (χ3v) is 5.42. The monoisotopic (exact) mass is 359 g/mol. The molecule has 3 rings (SSSR count). The van der Waals surface area contributed by atoms with Crippen molar-refractivity contribution in [2.24, 2.45) is 11.8 Å². The predicted molar refractivity (Wildman–Crippen MR) is 107 cm³/mol. The van der Waals surface area contributed by atoms with Crippen molar-refractivity contribution >= 4 is 12.4 Å².